The van der Waals surface area contributed by atoms with Crippen molar-refractivity contribution in [1.29, 1.82) is 0 Å². The number of hydrogen-bond acceptors (Lipinski definition) is 1. The van der Waals surface area contributed by atoms with E-state index in [0.717, 1.165) is 6.42 Å². The van der Waals surface area contributed by atoms with E-state index in [1.54, 1.807) is 0 Å². The SMILES string of the molecule is CCC[O].N. The minimum absolute atomic E-state index is 0. The molecule has 1 radical (unpaired) electrons. The molecular weight excluding hydrogens is 66.0 g/mol. The maximum atomic E-state index is 9.30. The highest BCUT2D eigenvalue weighted by Crippen LogP contribution is 1.62. The third kappa shape index (κ3) is 17.1. The molecular formula is C3H10NO. The van der Waals surface area contributed by atoms with Crippen molar-refractivity contribution in [2.45, 2.75) is 13.3 Å². The molecule has 0 rings (SSSR count). The lowest BCUT2D eigenvalue weighted by atomic mass is 10.5. The lowest BCUT2D eigenvalue weighted by Gasteiger charge is -1.64. The highest BCUT2D eigenvalue weighted by Gasteiger charge is 1.60. The first-order valence-corrected chi connectivity index (χ1v) is 1.50. The Labute approximate surface area is 32.4 Å². The Morgan fingerprint density at radius 2 is 1.80 bits per heavy atom. The second kappa shape index (κ2) is 9.07. The topological polar surface area (TPSA) is 54.9 Å². The average molecular weight is 76.1 g/mol. The van der Waals surface area contributed by atoms with Crippen molar-refractivity contribution in [3.05, 3.63) is 0 Å². The predicted molar refractivity (Wildman–Crippen MR) is 20.9 cm³/mol. The van der Waals surface area contributed by atoms with Crippen LogP contribution in [0.2, 0.25) is 0 Å². The van der Waals surface area contributed by atoms with E-state index in [1.165, 1.54) is 0 Å². The fourth-order valence-electron chi connectivity index (χ4n) is 0. The molecule has 0 aliphatic heterocycles. The Morgan fingerprint density at radius 1 is 1.60 bits per heavy atom. The fraction of sp³-hybridized carbons (Fsp3) is 1.00. The van der Waals surface area contributed by atoms with Crippen LogP contribution in [-0.2, 0) is 5.11 Å². The van der Waals surface area contributed by atoms with E-state index in [1.807, 2.05) is 6.92 Å². The predicted octanol–water partition coefficient (Wildman–Crippen LogP) is 0.989. The molecule has 0 fully saturated rings. The quantitative estimate of drug-likeness (QED) is 0.497. The average Bonchev–Trinajstić information content (AvgIpc) is 1.37. The maximum Gasteiger partial charge on any atom is 0.0819 e. The number of rotatable bonds is 1. The van der Waals surface area contributed by atoms with Gasteiger partial charge in [-0.3, -0.25) is 0 Å². The third-order valence-corrected chi connectivity index (χ3v) is 0.204. The third-order valence-electron chi connectivity index (χ3n) is 0.204. The van der Waals surface area contributed by atoms with Crippen LogP contribution in [0.3, 0.4) is 0 Å². The van der Waals surface area contributed by atoms with Gasteiger partial charge >= 0.3 is 0 Å². The van der Waals surface area contributed by atoms with E-state index in [0.29, 0.717) is 0 Å². The Kier molecular flexibility index (Phi) is 16.1. The zero-order valence-electron chi connectivity index (χ0n) is 3.53. The van der Waals surface area contributed by atoms with Crippen LogP contribution >= 0.6 is 0 Å². The number of hydrogen-bond donors (Lipinski definition) is 1. The second-order valence-electron chi connectivity index (χ2n) is 0.704. The van der Waals surface area contributed by atoms with Gasteiger partial charge in [-0.15, -0.1) is 0 Å². The summed E-state index contributed by atoms with van der Waals surface area (Å²) < 4.78 is 0. The molecule has 0 heterocycles. The van der Waals surface area contributed by atoms with E-state index in [9.17, 15) is 5.11 Å². The van der Waals surface area contributed by atoms with Crippen LogP contribution in [0.15, 0.2) is 0 Å². The van der Waals surface area contributed by atoms with Crippen LogP contribution in [0.1, 0.15) is 13.3 Å². The molecule has 0 unspecified atom stereocenters. The molecule has 33 valence electrons. The Morgan fingerprint density at radius 3 is 1.80 bits per heavy atom. The summed E-state index contributed by atoms with van der Waals surface area (Å²) in [6.07, 6.45) is 0.764. The van der Waals surface area contributed by atoms with E-state index in [-0.39, 0.29) is 12.8 Å². The van der Waals surface area contributed by atoms with Crippen molar-refractivity contribution >= 4 is 0 Å². The van der Waals surface area contributed by atoms with Gasteiger partial charge in [0.25, 0.3) is 0 Å². The van der Waals surface area contributed by atoms with Crippen molar-refractivity contribution in [3.8, 4) is 0 Å². The first-order chi connectivity index (χ1) is 1.91. The molecule has 0 aromatic carbocycles. The summed E-state index contributed by atoms with van der Waals surface area (Å²) in [5, 5.41) is 9.30. The van der Waals surface area contributed by atoms with Gasteiger partial charge in [0.05, 0.1) is 6.61 Å². The summed E-state index contributed by atoms with van der Waals surface area (Å²) in [5.41, 5.74) is 0. The van der Waals surface area contributed by atoms with Gasteiger partial charge in [-0.2, -0.15) is 0 Å². The summed E-state index contributed by atoms with van der Waals surface area (Å²) in [6, 6.07) is 0. The van der Waals surface area contributed by atoms with Gasteiger partial charge < -0.3 is 6.15 Å². The molecule has 0 saturated heterocycles. The highest BCUT2D eigenvalue weighted by atomic mass is 16.2. The van der Waals surface area contributed by atoms with Crippen molar-refractivity contribution < 1.29 is 5.11 Å². The van der Waals surface area contributed by atoms with Crippen LogP contribution in [0, 0.1) is 0 Å². The first kappa shape index (κ1) is 8.87. The fourth-order valence-corrected chi connectivity index (χ4v) is 0. The normalized spacial score (nSPS) is 6.00. The molecule has 0 spiro atoms. The molecule has 5 heavy (non-hydrogen) atoms. The monoisotopic (exact) mass is 76.1 g/mol. The standard InChI is InChI=1S/C3H7O.H3N/c1-2-3-4;/h2-3H2,1H3;1H3. The molecule has 0 saturated carbocycles. The van der Waals surface area contributed by atoms with Gasteiger partial charge in [-0.1, -0.05) is 6.92 Å². The summed E-state index contributed by atoms with van der Waals surface area (Å²) >= 11 is 0. The van der Waals surface area contributed by atoms with Crippen molar-refractivity contribution in [3.63, 3.8) is 0 Å². The molecule has 0 aliphatic carbocycles. The van der Waals surface area contributed by atoms with Gasteiger partial charge in [0.2, 0.25) is 0 Å². The molecule has 0 aliphatic rings. The van der Waals surface area contributed by atoms with Crippen LogP contribution in [0.5, 0.6) is 0 Å². The minimum Gasteiger partial charge on any atom is -0.344 e. The van der Waals surface area contributed by atoms with Crippen LogP contribution in [0.25, 0.3) is 0 Å². The Hall–Kier alpha value is -0.0800. The largest absolute Gasteiger partial charge is 0.344 e. The smallest absolute Gasteiger partial charge is 0.0819 e. The molecule has 0 atom stereocenters. The molecule has 2 heteroatoms. The molecule has 0 aromatic heterocycles. The minimum atomic E-state index is 0. The summed E-state index contributed by atoms with van der Waals surface area (Å²) in [7, 11) is 0. The van der Waals surface area contributed by atoms with Crippen molar-refractivity contribution in [2.24, 2.45) is 0 Å². The van der Waals surface area contributed by atoms with Crippen LogP contribution in [-0.4, -0.2) is 6.61 Å². The van der Waals surface area contributed by atoms with E-state index < -0.39 is 0 Å². The zero-order chi connectivity index (χ0) is 3.41. The highest BCUT2D eigenvalue weighted by molar-refractivity contribution is 4.09. The van der Waals surface area contributed by atoms with Crippen LogP contribution in [0.4, 0.5) is 0 Å². The molecule has 0 amide bonds. The first-order valence-electron chi connectivity index (χ1n) is 1.50. The van der Waals surface area contributed by atoms with Crippen LogP contribution < -0.4 is 6.15 Å². The zero-order valence-corrected chi connectivity index (χ0v) is 3.53. The molecule has 0 aromatic rings. The van der Waals surface area contributed by atoms with Gasteiger partial charge in [0, 0.05) is 0 Å². The molecule has 0 bridgehead atoms. The second-order valence-corrected chi connectivity index (χ2v) is 0.704. The summed E-state index contributed by atoms with van der Waals surface area (Å²) in [6.45, 7) is 1.94. The maximum absolute atomic E-state index is 9.30. The van der Waals surface area contributed by atoms with Gasteiger partial charge in [-0.05, 0) is 6.42 Å². The van der Waals surface area contributed by atoms with Gasteiger partial charge in [0.1, 0.15) is 0 Å². The lowest BCUT2D eigenvalue weighted by molar-refractivity contribution is 0.193. The van der Waals surface area contributed by atoms with Crippen molar-refractivity contribution in [2.75, 3.05) is 6.61 Å². The van der Waals surface area contributed by atoms with E-state index in [2.05, 4.69) is 0 Å². The molecule has 3 N–H and O–H groups in total. The lowest BCUT2D eigenvalue weighted by Crippen LogP contribution is -1.66. The van der Waals surface area contributed by atoms with Gasteiger partial charge in [-0.25, -0.2) is 5.11 Å². The van der Waals surface area contributed by atoms with E-state index in [4.69, 9.17) is 0 Å². The van der Waals surface area contributed by atoms with Crippen molar-refractivity contribution in [1.82, 2.24) is 6.15 Å². The van der Waals surface area contributed by atoms with E-state index >= 15 is 0 Å². The summed E-state index contributed by atoms with van der Waals surface area (Å²) in [5.74, 6) is 0. The summed E-state index contributed by atoms with van der Waals surface area (Å²) in [4.78, 5) is 0. The Balaban J connectivity index is 0. The molecule has 2 nitrogen and oxygen atoms in total. The van der Waals surface area contributed by atoms with Gasteiger partial charge in [0.15, 0.2) is 0 Å². The Bertz CT molecular complexity index is 8.85.